The predicted molar refractivity (Wildman–Crippen MR) is 96.6 cm³/mol. The van der Waals surface area contributed by atoms with Gasteiger partial charge in [0.15, 0.2) is 0 Å². The average Bonchev–Trinajstić information content (AvgIpc) is 2.59. The minimum atomic E-state index is -3.94. The lowest BCUT2D eigenvalue weighted by Gasteiger charge is -2.21. The number of hydrogen-bond acceptors (Lipinski definition) is 4. The fourth-order valence-electron chi connectivity index (χ4n) is 2.16. The van der Waals surface area contributed by atoms with Crippen LogP contribution in [0, 0.1) is 11.7 Å². The first-order valence-electron chi connectivity index (χ1n) is 7.88. The highest BCUT2D eigenvalue weighted by Crippen LogP contribution is 2.17. The molecule has 1 N–H and O–H groups in total. The summed E-state index contributed by atoms with van der Waals surface area (Å²) in [6.07, 6.45) is 0. The third kappa shape index (κ3) is 5.27. The summed E-state index contributed by atoms with van der Waals surface area (Å²) in [7, 11) is -3.94. The van der Waals surface area contributed by atoms with Gasteiger partial charge >= 0.3 is 5.97 Å². The topological polar surface area (TPSA) is 72.5 Å². The summed E-state index contributed by atoms with van der Waals surface area (Å²) in [6, 6.07) is 10.3. The summed E-state index contributed by atoms with van der Waals surface area (Å²) >= 11 is 5.76. The zero-order valence-corrected chi connectivity index (χ0v) is 15.9. The van der Waals surface area contributed by atoms with Crippen molar-refractivity contribution in [2.75, 3.05) is 0 Å². The summed E-state index contributed by atoms with van der Waals surface area (Å²) in [5.74, 6) is -1.64. The van der Waals surface area contributed by atoms with E-state index >= 15 is 0 Å². The van der Waals surface area contributed by atoms with Crippen molar-refractivity contribution in [3.63, 3.8) is 0 Å². The molecule has 2 rings (SSSR count). The van der Waals surface area contributed by atoms with Gasteiger partial charge in [-0.2, -0.15) is 4.72 Å². The molecule has 0 saturated carbocycles. The highest BCUT2D eigenvalue weighted by Gasteiger charge is 2.29. The summed E-state index contributed by atoms with van der Waals surface area (Å²) in [5.41, 5.74) is 0.212. The Kier molecular flexibility index (Phi) is 6.75. The van der Waals surface area contributed by atoms with E-state index in [1.165, 1.54) is 42.5 Å². The first-order chi connectivity index (χ1) is 12.2. The number of nitrogens with one attached hydrogen (secondary N) is 1. The molecular formula is C18H19ClFNO4S. The molecule has 0 heterocycles. The van der Waals surface area contributed by atoms with Crippen molar-refractivity contribution in [3.8, 4) is 0 Å². The highest BCUT2D eigenvalue weighted by molar-refractivity contribution is 7.89. The molecule has 2 aromatic rings. The molecule has 0 bridgehead atoms. The molecule has 0 aliphatic heterocycles. The lowest BCUT2D eigenvalue weighted by molar-refractivity contribution is -0.148. The summed E-state index contributed by atoms with van der Waals surface area (Å²) < 4.78 is 46.0. The van der Waals surface area contributed by atoms with Crippen LogP contribution < -0.4 is 4.72 Å². The fraction of sp³-hybridized carbons (Fsp3) is 0.278. The molecule has 140 valence electrons. The Morgan fingerprint density at radius 2 is 1.77 bits per heavy atom. The van der Waals surface area contributed by atoms with Crippen LogP contribution in [0.4, 0.5) is 4.39 Å². The second-order valence-corrected chi connectivity index (χ2v) is 8.15. The molecule has 2 aromatic carbocycles. The van der Waals surface area contributed by atoms with Crippen LogP contribution in [0.2, 0.25) is 5.02 Å². The number of halogens is 2. The van der Waals surface area contributed by atoms with E-state index in [4.69, 9.17) is 16.3 Å². The van der Waals surface area contributed by atoms with Crippen LogP contribution in [-0.2, 0) is 26.2 Å². The SMILES string of the molecule is CC(C)[C@H](NS(=O)(=O)c1ccc(Cl)cc1)C(=O)OCc1ccccc1F. The Morgan fingerprint density at radius 3 is 2.35 bits per heavy atom. The molecule has 0 amide bonds. The number of ether oxygens (including phenoxy) is 1. The van der Waals surface area contributed by atoms with Crippen molar-refractivity contribution in [3.05, 3.63) is 64.9 Å². The van der Waals surface area contributed by atoms with Crippen LogP contribution in [-0.4, -0.2) is 20.4 Å². The van der Waals surface area contributed by atoms with Gasteiger partial charge in [0, 0.05) is 10.6 Å². The van der Waals surface area contributed by atoms with Gasteiger partial charge in [0.2, 0.25) is 10.0 Å². The van der Waals surface area contributed by atoms with Crippen molar-refractivity contribution in [1.29, 1.82) is 0 Å². The van der Waals surface area contributed by atoms with E-state index in [1.807, 2.05) is 0 Å². The average molecular weight is 400 g/mol. The second-order valence-electron chi connectivity index (χ2n) is 6.00. The van der Waals surface area contributed by atoms with Gasteiger partial charge in [0.1, 0.15) is 18.5 Å². The van der Waals surface area contributed by atoms with E-state index in [-0.39, 0.29) is 23.0 Å². The summed E-state index contributed by atoms with van der Waals surface area (Å²) in [5, 5.41) is 0.397. The standard InChI is InChI=1S/C18H19ClFNO4S/c1-12(2)17(18(22)25-11-13-5-3-4-6-16(13)20)21-26(23,24)15-9-7-14(19)8-10-15/h3-10,12,17,21H,11H2,1-2H3/t17-/m0/s1. The van der Waals surface area contributed by atoms with E-state index < -0.39 is 27.9 Å². The Bertz CT molecular complexity index is 869. The summed E-state index contributed by atoms with van der Waals surface area (Å²) in [4.78, 5) is 12.3. The van der Waals surface area contributed by atoms with Crippen molar-refractivity contribution >= 4 is 27.6 Å². The maximum absolute atomic E-state index is 13.6. The molecule has 5 nitrogen and oxygen atoms in total. The van der Waals surface area contributed by atoms with Crippen molar-refractivity contribution in [2.24, 2.45) is 5.92 Å². The van der Waals surface area contributed by atoms with Gasteiger partial charge in [-0.1, -0.05) is 43.6 Å². The molecule has 0 aliphatic carbocycles. The monoisotopic (exact) mass is 399 g/mol. The lowest BCUT2D eigenvalue weighted by Crippen LogP contribution is -2.45. The Labute approximate surface area is 157 Å². The molecule has 0 fully saturated rings. The van der Waals surface area contributed by atoms with Crippen LogP contribution in [0.15, 0.2) is 53.4 Å². The zero-order chi connectivity index (χ0) is 19.3. The van der Waals surface area contributed by atoms with E-state index in [2.05, 4.69) is 4.72 Å². The molecule has 26 heavy (non-hydrogen) atoms. The van der Waals surface area contributed by atoms with Crippen LogP contribution >= 0.6 is 11.6 Å². The molecule has 0 saturated heterocycles. The number of rotatable bonds is 7. The van der Waals surface area contributed by atoms with Gasteiger partial charge in [-0.3, -0.25) is 4.79 Å². The first-order valence-corrected chi connectivity index (χ1v) is 9.75. The van der Waals surface area contributed by atoms with Gasteiger partial charge in [-0.15, -0.1) is 0 Å². The Morgan fingerprint density at radius 1 is 1.15 bits per heavy atom. The molecule has 0 spiro atoms. The molecular weight excluding hydrogens is 381 g/mol. The van der Waals surface area contributed by atoms with Gasteiger partial charge < -0.3 is 4.74 Å². The van der Waals surface area contributed by atoms with Crippen LogP contribution in [0.25, 0.3) is 0 Å². The third-order valence-electron chi connectivity index (χ3n) is 3.65. The Balaban J connectivity index is 2.11. The van der Waals surface area contributed by atoms with Gasteiger partial charge in [0.05, 0.1) is 4.90 Å². The molecule has 8 heteroatoms. The van der Waals surface area contributed by atoms with Gasteiger partial charge in [-0.05, 0) is 36.2 Å². The predicted octanol–water partition coefficient (Wildman–Crippen LogP) is 3.53. The highest BCUT2D eigenvalue weighted by atomic mass is 35.5. The van der Waals surface area contributed by atoms with E-state index in [1.54, 1.807) is 19.9 Å². The molecule has 0 aliphatic rings. The second kappa shape index (κ2) is 8.62. The van der Waals surface area contributed by atoms with Gasteiger partial charge in [-0.25, -0.2) is 12.8 Å². The zero-order valence-electron chi connectivity index (χ0n) is 14.3. The molecule has 0 aromatic heterocycles. The normalized spacial score (nSPS) is 12.8. The smallest absolute Gasteiger partial charge is 0.324 e. The quantitative estimate of drug-likeness (QED) is 0.723. The fourth-order valence-corrected chi connectivity index (χ4v) is 3.62. The number of carbonyl (C=O) groups excluding carboxylic acids is 1. The number of hydrogen-bond donors (Lipinski definition) is 1. The van der Waals surface area contributed by atoms with Crippen LogP contribution in [0.5, 0.6) is 0 Å². The lowest BCUT2D eigenvalue weighted by atomic mass is 10.1. The van der Waals surface area contributed by atoms with Gasteiger partial charge in [0.25, 0.3) is 0 Å². The van der Waals surface area contributed by atoms with Crippen LogP contribution in [0.3, 0.4) is 0 Å². The maximum atomic E-state index is 13.6. The molecule has 0 radical (unpaired) electrons. The minimum Gasteiger partial charge on any atom is -0.460 e. The van der Waals surface area contributed by atoms with E-state index in [0.717, 1.165) is 0 Å². The van der Waals surface area contributed by atoms with Crippen LogP contribution in [0.1, 0.15) is 19.4 Å². The summed E-state index contributed by atoms with van der Waals surface area (Å²) in [6.45, 7) is 3.08. The van der Waals surface area contributed by atoms with Crippen molar-refractivity contribution in [1.82, 2.24) is 4.72 Å². The van der Waals surface area contributed by atoms with Crippen molar-refractivity contribution in [2.45, 2.75) is 31.4 Å². The number of esters is 1. The maximum Gasteiger partial charge on any atom is 0.324 e. The number of benzene rings is 2. The largest absolute Gasteiger partial charge is 0.460 e. The molecule has 1 atom stereocenters. The third-order valence-corrected chi connectivity index (χ3v) is 5.36. The first kappa shape index (κ1) is 20.4. The minimum absolute atomic E-state index is 0.0190. The number of sulfonamides is 1. The van der Waals surface area contributed by atoms with Crippen molar-refractivity contribution < 1.29 is 22.3 Å². The number of carbonyl (C=O) groups is 1. The molecule has 0 unspecified atom stereocenters. The Hall–Kier alpha value is -1.96. The van der Waals surface area contributed by atoms with E-state index in [9.17, 15) is 17.6 Å². The van der Waals surface area contributed by atoms with E-state index in [0.29, 0.717) is 5.02 Å².